The molecule has 0 spiro atoms. The predicted octanol–water partition coefficient (Wildman–Crippen LogP) is 3.50. The lowest BCUT2D eigenvalue weighted by atomic mass is 10.1. The van der Waals surface area contributed by atoms with Crippen molar-refractivity contribution in [3.8, 4) is 11.5 Å². The fourth-order valence-electron chi connectivity index (χ4n) is 4.11. The number of sulfonamides is 1. The van der Waals surface area contributed by atoms with Gasteiger partial charge in [0.1, 0.15) is 23.0 Å². The second-order valence-electron chi connectivity index (χ2n) is 9.36. The Kier molecular flexibility index (Phi) is 8.23. The number of amides is 1. The summed E-state index contributed by atoms with van der Waals surface area (Å²) in [4.78, 5) is 13.7. The van der Waals surface area contributed by atoms with Crippen molar-refractivity contribution < 1.29 is 23.1 Å². The topological polar surface area (TPSA) is 134 Å². The molecule has 1 amide bonds. The minimum absolute atomic E-state index is 0.140. The van der Waals surface area contributed by atoms with Gasteiger partial charge < -0.3 is 25.8 Å². The van der Waals surface area contributed by atoms with Crippen LogP contribution in [0.2, 0.25) is 0 Å². The second-order valence-corrected chi connectivity index (χ2v) is 11.0. The highest BCUT2D eigenvalue weighted by Crippen LogP contribution is 2.33. The van der Waals surface area contributed by atoms with Gasteiger partial charge in [-0.15, -0.1) is 0 Å². The quantitative estimate of drug-likeness (QED) is 0.367. The summed E-state index contributed by atoms with van der Waals surface area (Å²) < 4.78 is 35.7. The molecule has 0 aliphatic carbocycles. The minimum Gasteiger partial charge on any atom is -0.507 e. The van der Waals surface area contributed by atoms with Gasteiger partial charge in [0.05, 0.1) is 11.3 Å². The lowest BCUT2D eigenvalue weighted by Gasteiger charge is -2.18. The van der Waals surface area contributed by atoms with Crippen LogP contribution in [0.1, 0.15) is 27.0 Å². The zero-order valence-corrected chi connectivity index (χ0v) is 22.2. The van der Waals surface area contributed by atoms with E-state index in [4.69, 9.17) is 10.5 Å². The summed E-state index contributed by atoms with van der Waals surface area (Å²) >= 11 is 0. The molecule has 5 N–H and O–H groups in total. The molecule has 0 aromatic heterocycles. The number of anilines is 2. The zero-order chi connectivity index (χ0) is 27.3. The molecule has 1 aliphatic rings. The first-order valence-electron chi connectivity index (χ1n) is 12.2. The van der Waals surface area contributed by atoms with E-state index in [-0.39, 0.29) is 16.1 Å². The first-order chi connectivity index (χ1) is 18.1. The Hall–Kier alpha value is -4.02. The summed E-state index contributed by atoms with van der Waals surface area (Å²) in [5, 5.41) is 13.4. The van der Waals surface area contributed by atoms with Crippen molar-refractivity contribution in [1.29, 1.82) is 0 Å². The third kappa shape index (κ3) is 6.64. The van der Waals surface area contributed by atoms with Crippen molar-refractivity contribution in [2.45, 2.75) is 24.3 Å². The second kappa shape index (κ2) is 11.6. The van der Waals surface area contributed by atoms with Crippen LogP contribution in [0.15, 0.2) is 71.6 Å². The molecule has 38 heavy (non-hydrogen) atoms. The summed E-state index contributed by atoms with van der Waals surface area (Å²) in [6.45, 7) is 1.53. The van der Waals surface area contributed by atoms with E-state index in [2.05, 4.69) is 16.1 Å². The number of rotatable bonds is 5. The molecular weight excluding hydrogens is 504 g/mol. The summed E-state index contributed by atoms with van der Waals surface area (Å²) in [5.74, 6) is -0.673. The number of aromatic hydroxyl groups is 1. The van der Waals surface area contributed by atoms with Crippen LogP contribution in [0.4, 0.5) is 11.4 Å². The van der Waals surface area contributed by atoms with E-state index in [1.54, 1.807) is 18.2 Å². The highest BCUT2D eigenvalue weighted by molar-refractivity contribution is 7.92. The van der Waals surface area contributed by atoms with Gasteiger partial charge in [0.15, 0.2) is 0 Å². The van der Waals surface area contributed by atoms with Gasteiger partial charge in [-0.25, -0.2) is 8.42 Å². The molecule has 4 bridgehead atoms. The number of carbonyl (C=O) groups excluding carboxylic acids is 1. The molecule has 1 heterocycles. The van der Waals surface area contributed by atoms with Crippen LogP contribution in [0.25, 0.3) is 0 Å². The van der Waals surface area contributed by atoms with E-state index in [1.165, 1.54) is 6.07 Å². The average Bonchev–Trinajstić information content (AvgIpc) is 2.85. The van der Waals surface area contributed by atoms with Crippen LogP contribution in [-0.4, -0.2) is 51.6 Å². The maximum atomic E-state index is 13.6. The fourth-order valence-corrected chi connectivity index (χ4v) is 5.35. The summed E-state index contributed by atoms with van der Waals surface area (Å²) in [6.07, 6.45) is 5.40. The van der Waals surface area contributed by atoms with Gasteiger partial charge >= 0.3 is 0 Å². The molecule has 1 aliphatic heterocycles. The van der Waals surface area contributed by atoms with E-state index in [9.17, 15) is 18.3 Å². The number of benzene rings is 3. The number of primary amides is 1. The first kappa shape index (κ1) is 27.0. The number of nitrogens with two attached hydrogens (primary N) is 1. The van der Waals surface area contributed by atoms with E-state index in [0.717, 1.165) is 35.7 Å². The number of fused-ring (bicyclic) bond motifs is 5. The highest BCUT2D eigenvalue weighted by Gasteiger charge is 2.24. The summed E-state index contributed by atoms with van der Waals surface area (Å²) in [7, 11) is -0.259. The molecular formula is C28H32N4O5S. The number of ether oxygens (including phenoxy) is 1. The van der Waals surface area contributed by atoms with Crippen LogP contribution < -0.4 is 20.5 Å². The molecule has 3 aromatic carbocycles. The Bertz CT molecular complexity index is 1470. The number of nitrogens with zero attached hydrogens (tertiary/aromatic N) is 1. The van der Waals surface area contributed by atoms with Gasteiger partial charge in [-0.2, -0.15) is 0 Å². The number of allylic oxidation sites excluding steroid dienone is 2. The largest absolute Gasteiger partial charge is 0.507 e. The molecule has 10 heteroatoms. The SMILES string of the molecule is CN(C)CCOc1ccc2cc1C/C=C/Cc1cccc(c1)CNc1cc(O)c(C(N)=O)cc1S(=O)(=O)N2. The minimum atomic E-state index is -4.18. The molecule has 3 aromatic rings. The van der Waals surface area contributed by atoms with Crippen LogP contribution in [0, 0.1) is 0 Å². The van der Waals surface area contributed by atoms with Crippen LogP contribution in [0.5, 0.6) is 11.5 Å². The zero-order valence-electron chi connectivity index (χ0n) is 21.4. The molecule has 4 rings (SSSR count). The van der Waals surface area contributed by atoms with Crippen molar-refractivity contribution >= 4 is 27.3 Å². The number of carbonyl (C=O) groups is 1. The van der Waals surface area contributed by atoms with Crippen molar-refractivity contribution in [1.82, 2.24) is 4.90 Å². The van der Waals surface area contributed by atoms with E-state index in [1.807, 2.05) is 49.3 Å². The van der Waals surface area contributed by atoms with Crippen molar-refractivity contribution in [2.24, 2.45) is 5.73 Å². The van der Waals surface area contributed by atoms with Crippen molar-refractivity contribution in [3.05, 3.63) is 89.0 Å². The normalized spacial score (nSPS) is 15.6. The number of nitrogens with one attached hydrogen (secondary N) is 2. The van der Waals surface area contributed by atoms with Gasteiger partial charge in [-0.05, 0) is 67.9 Å². The molecule has 0 radical (unpaired) electrons. The Morgan fingerprint density at radius 3 is 2.58 bits per heavy atom. The van der Waals surface area contributed by atoms with Crippen molar-refractivity contribution in [3.63, 3.8) is 0 Å². The van der Waals surface area contributed by atoms with E-state index < -0.39 is 21.7 Å². The molecule has 0 fully saturated rings. The molecule has 200 valence electrons. The molecule has 0 unspecified atom stereocenters. The van der Waals surface area contributed by atoms with Crippen LogP contribution >= 0.6 is 0 Å². The van der Waals surface area contributed by atoms with Gasteiger partial charge in [0, 0.05) is 24.8 Å². The van der Waals surface area contributed by atoms with Gasteiger partial charge in [-0.1, -0.05) is 36.4 Å². The Labute approximate surface area is 223 Å². The molecule has 0 saturated carbocycles. The number of hydrogen-bond acceptors (Lipinski definition) is 7. The first-order valence-corrected chi connectivity index (χ1v) is 13.7. The standard InChI is InChI=1S/C28H32N4O5S/c1-32(2)12-13-37-26-11-10-22-15-21(26)9-4-3-6-19-7-5-8-20(14-19)18-30-24-17-25(33)23(28(29)34)16-27(24)38(35,36)31-22/h3-5,7-8,10-11,14-17,30-31,33H,6,9,12-13,18H2,1-2H3,(H2,29,34)/b4-3+. The van der Waals surface area contributed by atoms with E-state index >= 15 is 0 Å². The fraction of sp³-hybridized carbons (Fsp3) is 0.250. The lowest BCUT2D eigenvalue weighted by molar-refractivity contribution is 0.0997. The maximum absolute atomic E-state index is 13.6. The van der Waals surface area contributed by atoms with Gasteiger partial charge in [0.25, 0.3) is 15.9 Å². The monoisotopic (exact) mass is 536 g/mol. The Morgan fingerprint density at radius 1 is 1.05 bits per heavy atom. The smallest absolute Gasteiger partial charge is 0.263 e. The van der Waals surface area contributed by atoms with Crippen LogP contribution in [-0.2, 0) is 29.4 Å². The van der Waals surface area contributed by atoms with Gasteiger partial charge in [-0.3, -0.25) is 9.52 Å². The molecule has 9 nitrogen and oxygen atoms in total. The predicted molar refractivity (Wildman–Crippen MR) is 148 cm³/mol. The lowest BCUT2D eigenvalue weighted by Crippen LogP contribution is -2.20. The Balaban J connectivity index is 1.79. The number of hydrogen-bond donors (Lipinski definition) is 4. The van der Waals surface area contributed by atoms with Crippen molar-refractivity contribution in [2.75, 3.05) is 37.3 Å². The summed E-state index contributed by atoms with van der Waals surface area (Å²) in [6, 6.07) is 15.3. The number of likely N-dealkylation sites (N-methyl/N-ethyl adjacent to an activating group) is 1. The Morgan fingerprint density at radius 2 is 1.82 bits per heavy atom. The third-order valence-electron chi connectivity index (χ3n) is 6.09. The van der Waals surface area contributed by atoms with E-state index in [0.29, 0.717) is 31.0 Å². The summed E-state index contributed by atoms with van der Waals surface area (Å²) in [5.41, 5.74) is 8.43. The average molecular weight is 537 g/mol. The highest BCUT2D eigenvalue weighted by atomic mass is 32.2. The van der Waals surface area contributed by atoms with Gasteiger partial charge in [0.2, 0.25) is 0 Å². The molecule has 0 saturated heterocycles. The van der Waals surface area contributed by atoms with Crippen LogP contribution in [0.3, 0.4) is 0 Å². The molecule has 0 atom stereocenters. The number of phenols is 1. The maximum Gasteiger partial charge on any atom is 0.263 e. The third-order valence-corrected chi connectivity index (χ3v) is 7.52.